The Hall–Kier alpha value is -0.780. The molecule has 1 unspecified atom stereocenters. The van der Waals surface area contributed by atoms with Crippen LogP contribution in [-0.4, -0.2) is 49.5 Å². The summed E-state index contributed by atoms with van der Waals surface area (Å²) in [6, 6.07) is 7.55. The first-order valence-corrected chi connectivity index (χ1v) is 6.79. The van der Waals surface area contributed by atoms with Gasteiger partial charge in [0.15, 0.2) is 0 Å². The van der Waals surface area contributed by atoms with Crippen molar-refractivity contribution in [3.63, 3.8) is 0 Å². The summed E-state index contributed by atoms with van der Waals surface area (Å²) in [6.07, 6.45) is -0.833. The first-order valence-electron chi connectivity index (χ1n) is 5.21. The van der Waals surface area contributed by atoms with Gasteiger partial charge >= 0.3 is 0 Å². The maximum Gasteiger partial charge on any atom is 0.142 e. The molecule has 0 bridgehead atoms. The van der Waals surface area contributed by atoms with Crippen molar-refractivity contribution in [3.8, 4) is 5.75 Å². The van der Waals surface area contributed by atoms with E-state index < -0.39 is 6.10 Å². The predicted octanol–water partition coefficient (Wildman–Crippen LogP) is 1.50. The molecule has 1 aromatic rings. The minimum atomic E-state index is -0.833. The molecule has 1 aromatic carbocycles. The summed E-state index contributed by atoms with van der Waals surface area (Å²) in [6.45, 7) is -0.189. The Labute approximate surface area is 111 Å². The summed E-state index contributed by atoms with van der Waals surface area (Å²) in [5.41, 5.74) is 0.947. The molecule has 1 rings (SSSR count). The molecule has 0 aromatic heterocycles. The molecule has 2 N–H and O–H groups in total. The lowest BCUT2D eigenvalue weighted by Crippen LogP contribution is -2.22. The van der Waals surface area contributed by atoms with Gasteiger partial charge in [-0.2, -0.15) is 0 Å². The monoisotopic (exact) mass is 305 g/mol. The molecule has 0 saturated carbocycles. The molecule has 0 aliphatic rings. The highest BCUT2D eigenvalue weighted by molar-refractivity contribution is 9.08. The van der Waals surface area contributed by atoms with Crippen LogP contribution in [0.4, 0.5) is 5.69 Å². The Morgan fingerprint density at radius 3 is 2.41 bits per heavy atom. The van der Waals surface area contributed by atoms with Gasteiger partial charge < -0.3 is 19.8 Å². The number of nitrogens with zero attached hydrogens (tertiary/aromatic N) is 1. The van der Waals surface area contributed by atoms with E-state index in [1.54, 1.807) is 0 Å². The highest BCUT2D eigenvalue weighted by Gasteiger charge is 2.07. The minimum absolute atomic E-state index is 0.0986. The van der Waals surface area contributed by atoms with Crippen LogP contribution in [0.2, 0.25) is 0 Å². The van der Waals surface area contributed by atoms with Crippen LogP contribution in [0.5, 0.6) is 5.75 Å². The first kappa shape index (κ1) is 16.2. The number of anilines is 1. The molecular weight excluding hydrogens is 286 g/mol. The van der Waals surface area contributed by atoms with Gasteiger partial charge in [-0.25, -0.2) is 0 Å². The molecule has 0 spiro atoms. The van der Waals surface area contributed by atoms with Gasteiger partial charge in [0.05, 0.1) is 12.3 Å². The third kappa shape index (κ3) is 5.91. The molecule has 5 heteroatoms. The summed E-state index contributed by atoms with van der Waals surface area (Å²) in [4.78, 5) is 1.93. The molecular formula is C12H20BrNO3. The number of benzene rings is 1. The molecule has 0 heterocycles. The second-order valence-electron chi connectivity index (χ2n) is 3.51. The molecule has 17 heavy (non-hydrogen) atoms. The van der Waals surface area contributed by atoms with Gasteiger partial charge in [-0.05, 0) is 18.0 Å². The smallest absolute Gasteiger partial charge is 0.142 e. The largest absolute Gasteiger partial charge is 0.489 e. The number of aliphatic hydroxyl groups is 2. The summed E-state index contributed by atoms with van der Waals surface area (Å²) in [7, 11) is 3.84. The third-order valence-electron chi connectivity index (χ3n) is 1.99. The van der Waals surface area contributed by atoms with Crippen LogP contribution in [0.15, 0.2) is 24.3 Å². The van der Waals surface area contributed by atoms with E-state index in [2.05, 4.69) is 15.9 Å². The Bertz CT molecular complexity index is 308. The van der Waals surface area contributed by atoms with Gasteiger partial charge in [0.25, 0.3) is 0 Å². The van der Waals surface area contributed by atoms with E-state index in [-0.39, 0.29) is 13.2 Å². The van der Waals surface area contributed by atoms with E-state index in [9.17, 15) is 0 Å². The minimum Gasteiger partial charge on any atom is -0.489 e. The Morgan fingerprint density at radius 2 is 1.88 bits per heavy atom. The molecule has 0 fully saturated rings. The molecule has 4 nitrogen and oxygen atoms in total. The van der Waals surface area contributed by atoms with Crippen molar-refractivity contribution in [1.29, 1.82) is 0 Å². The van der Waals surface area contributed by atoms with Crippen molar-refractivity contribution in [2.75, 3.05) is 38.0 Å². The lowest BCUT2D eigenvalue weighted by Gasteiger charge is -2.18. The SMILES string of the molecule is CBr.CN(C)c1ccccc1OCC(O)CO. The summed E-state index contributed by atoms with van der Waals surface area (Å²) in [5, 5.41) is 17.8. The lowest BCUT2D eigenvalue weighted by molar-refractivity contribution is 0.0538. The zero-order chi connectivity index (χ0) is 13.3. The number of hydrogen-bond donors (Lipinski definition) is 2. The fourth-order valence-electron chi connectivity index (χ4n) is 1.19. The average molecular weight is 306 g/mol. The molecule has 0 saturated heterocycles. The van der Waals surface area contributed by atoms with Crippen molar-refractivity contribution < 1.29 is 14.9 Å². The Balaban J connectivity index is 0.00000121. The number of halogens is 1. The quantitative estimate of drug-likeness (QED) is 0.810. The number of rotatable bonds is 5. The van der Waals surface area contributed by atoms with Crippen molar-refractivity contribution in [1.82, 2.24) is 0 Å². The zero-order valence-corrected chi connectivity index (χ0v) is 12.0. The molecule has 0 radical (unpaired) electrons. The van der Waals surface area contributed by atoms with Gasteiger partial charge in [-0.1, -0.05) is 28.1 Å². The fourth-order valence-corrected chi connectivity index (χ4v) is 1.19. The summed E-state index contributed by atoms with van der Waals surface area (Å²) in [5.74, 6) is 2.52. The van der Waals surface area contributed by atoms with Gasteiger partial charge in [-0.3, -0.25) is 0 Å². The standard InChI is InChI=1S/C11H17NO3.CH3Br/c1-12(2)10-5-3-4-6-11(10)15-8-9(14)7-13;1-2/h3-6,9,13-14H,7-8H2,1-2H3;1H3. The van der Waals surface area contributed by atoms with Crippen LogP contribution < -0.4 is 9.64 Å². The van der Waals surface area contributed by atoms with Crippen LogP contribution >= 0.6 is 15.9 Å². The highest BCUT2D eigenvalue weighted by atomic mass is 79.9. The summed E-state index contributed by atoms with van der Waals surface area (Å²) < 4.78 is 5.40. The summed E-state index contributed by atoms with van der Waals surface area (Å²) >= 11 is 2.94. The number of alkyl halides is 1. The lowest BCUT2D eigenvalue weighted by atomic mass is 10.3. The van der Waals surface area contributed by atoms with Crippen LogP contribution in [0, 0.1) is 0 Å². The molecule has 1 atom stereocenters. The van der Waals surface area contributed by atoms with Gasteiger partial charge in [-0.15, -0.1) is 0 Å². The van der Waals surface area contributed by atoms with E-state index in [0.717, 1.165) is 5.69 Å². The van der Waals surface area contributed by atoms with Crippen LogP contribution in [0.3, 0.4) is 0 Å². The number of hydrogen-bond acceptors (Lipinski definition) is 4. The van der Waals surface area contributed by atoms with Crippen LogP contribution in [0.25, 0.3) is 0 Å². The highest BCUT2D eigenvalue weighted by Crippen LogP contribution is 2.25. The maximum absolute atomic E-state index is 9.16. The normalized spacial score (nSPS) is 11.2. The fraction of sp³-hybridized carbons (Fsp3) is 0.500. The van der Waals surface area contributed by atoms with Gasteiger partial charge in [0.2, 0.25) is 0 Å². The van der Waals surface area contributed by atoms with Gasteiger partial charge in [0, 0.05) is 14.1 Å². The second-order valence-corrected chi connectivity index (χ2v) is 3.51. The Kier molecular flexibility index (Phi) is 8.85. The van der Waals surface area contributed by atoms with Crippen LogP contribution in [-0.2, 0) is 0 Å². The van der Waals surface area contributed by atoms with E-state index in [4.69, 9.17) is 14.9 Å². The molecule has 98 valence electrons. The van der Waals surface area contributed by atoms with Crippen LogP contribution in [0.1, 0.15) is 0 Å². The molecule has 0 aliphatic heterocycles. The van der Waals surface area contributed by atoms with Crippen molar-refractivity contribution in [3.05, 3.63) is 24.3 Å². The number of para-hydroxylation sites is 2. The van der Waals surface area contributed by atoms with E-state index in [1.807, 2.05) is 49.1 Å². The second kappa shape index (κ2) is 9.27. The average Bonchev–Trinajstić information content (AvgIpc) is 2.38. The topological polar surface area (TPSA) is 52.9 Å². The zero-order valence-electron chi connectivity index (χ0n) is 10.4. The van der Waals surface area contributed by atoms with E-state index in [0.29, 0.717) is 5.75 Å². The van der Waals surface area contributed by atoms with Crippen molar-refractivity contribution in [2.24, 2.45) is 0 Å². The first-order chi connectivity index (χ1) is 8.15. The van der Waals surface area contributed by atoms with Crippen molar-refractivity contribution in [2.45, 2.75) is 6.10 Å². The maximum atomic E-state index is 9.16. The van der Waals surface area contributed by atoms with Gasteiger partial charge in [0.1, 0.15) is 18.5 Å². The van der Waals surface area contributed by atoms with E-state index >= 15 is 0 Å². The van der Waals surface area contributed by atoms with Crippen molar-refractivity contribution >= 4 is 21.6 Å². The molecule has 0 aliphatic carbocycles. The number of aliphatic hydroxyl groups excluding tert-OH is 2. The van der Waals surface area contributed by atoms with E-state index in [1.165, 1.54) is 0 Å². The Morgan fingerprint density at radius 1 is 1.29 bits per heavy atom. The third-order valence-corrected chi connectivity index (χ3v) is 1.99. The number of ether oxygens (including phenoxy) is 1. The molecule has 0 amide bonds. The predicted molar refractivity (Wildman–Crippen MR) is 74.2 cm³/mol.